The van der Waals surface area contributed by atoms with E-state index in [2.05, 4.69) is 19.2 Å². The number of carbonyl (C=O) groups is 1. The van der Waals surface area contributed by atoms with Gasteiger partial charge in [-0.2, -0.15) is 0 Å². The molecular weight excluding hydrogens is 164 g/mol. The van der Waals surface area contributed by atoms with E-state index in [9.17, 15) is 4.79 Å². The summed E-state index contributed by atoms with van der Waals surface area (Å²) >= 11 is 0. The predicted octanol–water partition coefficient (Wildman–Crippen LogP) is 0.853. The SMILES string of the molecule is CNCC(=O)N(CC1CC1)C(C)C. The van der Waals surface area contributed by atoms with Crippen molar-refractivity contribution in [2.45, 2.75) is 32.7 Å². The van der Waals surface area contributed by atoms with E-state index in [4.69, 9.17) is 0 Å². The summed E-state index contributed by atoms with van der Waals surface area (Å²) in [5.41, 5.74) is 0. The molecule has 1 rings (SSSR count). The molecule has 0 radical (unpaired) electrons. The Kier molecular flexibility index (Phi) is 3.72. The maximum atomic E-state index is 11.6. The van der Waals surface area contributed by atoms with Gasteiger partial charge in [-0.15, -0.1) is 0 Å². The lowest BCUT2D eigenvalue weighted by atomic mass is 10.2. The average molecular weight is 184 g/mol. The first kappa shape index (κ1) is 10.5. The molecule has 1 aliphatic carbocycles. The molecule has 0 heterocycles. The summed E-state index contributed by atoms with van der Waals surface area (Å²) in [6.45, 7) is 5.58. The van der Waals surface area contributed by atoms with Gasteiger partial charge in [-0.05, 0) is 39.7 Å². The first-order valence-corrected chi connectivity index (χ1v) is 5.09. The molecule has 1 fully saturated rings. The van der Waals surface area contributed by atoms with Crippen LogP contribution in [-0.2, 0) is 4.79 Å². The van der Waals surface area contributed by atoms with Gasteiger partial charge in [0, 0.05) is 12.6 Å². The third-order valence-electron chi connectivity index (χ3n) is 2.42. The number of rotatable bonds is 5. The van der Waals surface area contributed by atoms with Gasteiger partial charge < -0.3 is 10.2 Å². The molecule has 1 aliphatic rings. The van der Waals surface area contributed by atoms with Gasteiger partial charge in [0.2, 0.25) is 5.91 Å². The summed E-state index contributed by atoms with van der Waals surface area (Å²) in [5.74, 6) is 1.01. The first-order valence-electron chi connectivity index (χ1n) is 5.09. The Morgan fingerprint density at radius 1 is 1.54 bits per heavy atom. The van der Waals surface area contributed by atoms with E-state index in [1.165, 1.54) is 12.8 Å². The summed E-state index contributed by atoms with van der Waals surface area (Å²) in [7, 11) is 1.81. The molecule has 13 heavy (non-hydrogen) atoms. The molecular formula is C10H20N2O. The van der Waals surface area contributed by atoms with E-state index in [0.717, 1.165) is 12.5 Å². The third kappa shape index (κ3) is 3.35. The molecule has 1 N–H and O–H groups in total. The van der Waals surface area contributed by atoms with Gasteiger partial charge in [-0.3, -0.25) is 4.79 Å². The molecule has 3 heteroatoms. The molecule has 0 saturated heterocycles. The Hall–Kier alpha value is -0.570. The van der Waals surface area contributed by atoms with E-state index in [0.29, 0.717) is 12.6 Å². The third-order valence-corrected chi connectivity index (χ3v) is 2.42. The molecule has 0 unspecified atom stereocenters. The molecule has 0 bridgehead atoms. The van der Waals surface area contributed by atoms with Crippen molar-refractivity contribution < 1.29 is 4.79 Å². The van der Waals surface area contributed by atoms with E-state index in [1.807, 2.05) is 11.9 Å². The average Bonchev–Trinajstić information content (AvgIpc) is 2.83. The van der Waals surface area contributed by atoms with Crippen molar-refractivity contribution in [3.05, 3.63) is 0 Å². The van der Waals surface area contributed by atoms with Gasteiger partial charge in [0.25, 0.3) is 0 Å². The smallest absolute Gasteiger partial charge is 0.236 e. The highest BCUT2D eigenvalue weighted by atomic mass is 16.2. The lowest BCUT2D eigenvalue weighted by molar-refractivity contribution is -0.132. The lowest BCUT2D eigenvalue weighted by Crippen LogP contribution is -2.42. The minimum atomic E-state index is 0.226. The maximum absolute atomic E-state index is 11.6. The molecule has 0 aliphatic heterocycles. The summed E-state index contributed by atoms with van der Waals surface area (Å²) in [4.78, 5) is 13.6. The second kappa shape index (κ2) is 4.61. The van der Waals surface area contributed by atoms with Crippen LogP contribution in [0.3, 0.4) is 0 Å². The van der Waals surface area contributed by atoms with E-state index < -0.39 is 0 Å². The zero-order chi connectivity index (χ0) is 9.84. The van der Waals surface area contributed by atoms with Gasteiger partial charge in [-0.1, -0.05) is 0 Å². The molecule has 0 aromatic rings. The van der Waals surface area contributed by atoms with Gasteiger partial charge in [0.15, 0.2) is 0 Å². The highest BCUT2D eigenvalue weighted by Crippen LogP contribution is 2.30. The number of hydrogen-bond acceptors (Lipinski definition) is 2. The van der Waals surface area contributed by atoms with Crippen LogP contribution in [0.25, 0.3) is 0 Å². The van der Waals surface area contributed by atoms with Crippen LogP contribution in [0.4, 0.5) is 0 Å². The Labute approximate surface area is 80.5 Å². The van der Waals surface area contributed by atoms with Gasteiger partial charge >= 0.3 is 0 Å². The van der Waals surface area contributed by atoms with Crippen LogP contribution in [0, 0.1) is 5.92 Å². The van der Waals surface area contributed by atoms with Gasteiger partial charge in [0.1, 0.15) is 0 Å². The van der Waals surface area contributed by atoms with Crippen molar-refractivity contribution >= 4 is 5.91 Å². The predicted molar refractivity (Wildman–Crippen MR) is 53.5 cm³/mol. The second-order valence-corrected chi connectivity index (χ2v) is 4.11. The Bertz CT molecular complexity index is 176. The maximum Gasteiger partial charge on any atom is 0.236 e. The molecule has 0 atom stereocenters. The Balaban J connectivity index is 2.39. The number of nitrogens with one attached hydrogen (secondary N) is 1. The molecule has 1 saturated carbocycles. The topological polar surface area (TPSA) is 32.3 Å². The van der Waals surface area contributed by atoms with Crippen LogP contribution < -0.4 is 5.32 Å². The van der Waals surface area contributed by atoms with Gasteiger partial charge in [0.05, 0.1) is 6.54 Å². The van der Waals surface area contributed by atoms with Crippen LogP contribution >= 0.6 is 0 Å². The number of nitrogens with zero attached hydrogens (tertiary/aromatic N) is 1. The van der Waals surface area contributed by atoms with E-state index in [-0.39, 0.29) is 5.91 Å². The zero-order valence-electron chi connectivity index (χ0n) is 8.84. The highest BCUT2D eigenvalue weighted by Gasteiger charge is 2.27. The summed E-state index contributed by atoms with van der Waals surface area (Å²) in [6.07, 6.45) is 2.60. The van der Waals surface area contributed by atoms with Crippen molar-refractivity contribution in [1.29, 1.82) is 0 Å². The Morgan fingerprint density at radius 3 is 2.54 bits per heavy atom. The molecule has 1 amide bonds. The fraction of sp³-hybridized carbons (Fsp3) is 0.900. The fourth-order valence-corrected chi connectivity index (χ4v) is 1.43. The van der Waals surface area contributed by atoms with Crippen molar-refractivity contribution in [2.75, 3.05) is 20.1 Å². The molecule has 3 nitrogen and oxygen atoms in total. The largest absolute Gasteiger partial charge is 0.339 e. The monoisotopic (exact) mass is 184 g/mol. The van der Waals surface area contributed by atoms with Crippen LogP contribution in [0.15, 0.2) is 0 Å². The highest BCUT2D eigenvalue weighted by molar-refractivity contribution is 5.78. The van der Waals surface area contributed by atoms with Crippen molar-refractivity contribution in [2.24, 2.45) is 5.92 Å². The summed E-state index contributed by atoms with van der Waals surface area (Å²) in [5, 5.41) is 2.91. The number of amides is 1. The van der Waals surface area contributed by atoms with Crippen molar-refractivity contribution in [1.82, 2.24) is 10.2 Å². The molecule has 0 aromatic carbocycles. The van der Waals surface area contributed by atoms with E-state index >= 15 is 0 Å². The molecule has 0 aromatic heterocycles. The van der Waals surface area contributed by atoms with Crippen molar-refractivity contribution in [3.8, 4) is 0 Å². The number of carbonyl (C=O) groups excluding carboxylic acids is 1. The van der Waals surface area contributed by atoms with Crippen molar-refractivity contribution in [3.63, 3.8) is 0 Å². The first-order chi connectivity index (χ1) is 6.15. The molecule has 76 valence electrons. The van der Waals surface area contributed by atoms with Crippen LogP contribution in [0.2, 0.25) is 0 Å². The minimum absolute atomic E-state index is 0.226. The van der Waals surface area contributed by atoms with Crippen LogP contribution in [-0.4, -0.2) is 37.0 Å². The fourth-order valence-electron chi connectivity index (χ4n) is 1.43. The Morgan fingerprint density at radius 2 is 2.15 bits per heavy atom. The number of hydrogen-bond donors (Lipinski definition) is 1. The second-order valence-electron chi connectivity index (χ2n) is 4.11. The summed E-state index contributed by atoms with van der Waals surface area (Å²) < 4.78 is 0. The lowest BCUT2D eigenvalue weighted by Gasteiger charge is -2.26. The number of likely N-dealkylation sites (N-methyl/N-ethyl adjacent to an activating group) is 1. The quantitative estimate of drug-likeness (QED) is 0.687. The molecule has 0 spiro atoms. The van der Waals surface area contributed by atoms with E-state index in [1.54, 1.807) is 0 Å². The van der Waals surface area contributed by atoms with Gasteiger partial charge in [-0.25, -0.2) is 0 Å². The zero-order valence-corrected chi connectivity index (χ0v) is 8.84. The minimum Gasteiger partial charge on any atom is -0.339 e. The van der Waals surface area contributed by atoms with Crippen LogP contribution in [0.5, 0.6) is 0 Å². The standard InChI is InChI=1S/C10H20N2O/c1-8(2)12(7-9-4-5-9)10(13)6-11-3/h8-9,11H,4-7H2,1-3H3. The summed E-state index contributed by atoms with van der Waals surface area (Å²) in [6, 6.07) is 0.335. The normalized spacial score (nSPS) is 16.3. The van der Waals surface area contributed by atoms with Crippen LogP contribution in [0.1, 0.15) is 26.7 Å².